The van der Waals surface area contributed by atoms with Crippen LogP contribution in [-0.4, -0.2) is 43.6 Å². The smallest absolute Gasteiger partial charge is 0.224 e. The van der Waals surface area contributed by atoms with Gasteiger partial charge in [-0.3, -0.25) is 4.79 Å². The molecule has 1 heterocycles. The normalized spacial score (nSPS) is 11.5. The van der Waals surface area contributed by atoms with Crippen molar-refractivity contribution in [2.24, 2.45) is 0 Å². The third kappa shape index (κ3) is 5.50. The van der Waals surface area contributed by atoms with E-state index in [2.05, 4.69) is 15.3 Å². The van der Waals surface area contributed by atoms with Crippen LogP contribution in [0.4, 0.5) is 5.82 Å². The van der Waals surface area contributed by atoms with E-state index in [0.717, 1.165) is 17.1 Å². The molecule has 0 aliphatic heterocycles. The minimum absolute atomic E-state index is 0.161. The van der Waals surface area contributed by atoms with Crippen LogP contribution in [0.3, 0.4) is 0 Å². The van der Waals surface area contributed by atoms with Crippen molar-refractivity contribution in [3.05, 3.63) is 47.4 Å². The van der Waals surface area contributed by atoms with Gasteiger partial charge in [-0.15, -0.1) is 0 Å². The van der Waals surface area contributed by atoms with Gasteiger partial charge in [0.05, 0.1) is 23.1 Å². The van der Waals surface area contributed by atoms with Gasteiger partial charge in [-0.1, -0.05) is 12.1 Å². The van der Waals surface area contributed by atoms with Crippen LogP contribution in [-0.2, 0) is 27.6 Å². The fourth-order valence-electron chi connectivity index (χ4n) is 2.42. The van der Waals surface area contributed by atoms with Crippen molar-refractivity contribution < 1.29 is 13.2 Å². The van der Waals surface area contributed by atoms with Gasteiger partial charge in [-0.2, -0.15) is 0 Å². The van der Waals surface area contributed by atoms with Gasteiger partial charge in [0.1, 0.15) is 11.6 Å². The molecular weight excluding hydrogens is 364 g/mol. The molecule has 0 saturated carbocycles. The lowest BCUT2D eigenvalue weighted by Crippen LogP contribution is -2.26. The third-order valence-corrected chi connectivity index (χ3v) is 6.20. The third-order valence-electron chi connectivity index (χ3n) is 4.03. The molecule has 0 fully saturated rings. The quantitative estimate of drug-likeness (QED) is 0.776. The van der Waals surface area contributed by atoms with E-state index >= 15 is 0 Å². The first-order valence-corrected chi connectivity index (χ1v) is 10.3. The average molecular weight is 391 g/mol. The van der Waals surface area contributed by atoms with E-state index in [1.165, 1.54) is 0 Å². The average Bonchev–Trinajstić information content (AvgIpc) is 2.60. The summed E-state index contributed by atoms with van der Waals surface area (Å²) < 4.78 is 24.3. The predicted molar refractivity (Wildman–Crippen MR) is 105 cm³/mol. The molecule has 146 valence electrons. The highest BCUT2D eigenvalue weighted by Crippen LogP contribution is 2.16. The van der Waals surface area contributed by atoms with E-state index in [1.807, 2.05) is 32.0 Å². The molecule has 2 aromatic rings. The van der Waals surface area contributed by atoms with Crippen molar-refractivity contribution in [3.63, 3.8) is 0 Å². The van der Waals surface area contributed by atoms with Crippen LogP contribution >= 0.6 is 0 Å². The van der Waals surface area contributed by atoms with Crippen LogP contribution in [0, 0.1) is 6.92 Å². The number of nitrogens with one attached hydrogen (secondary N) is 1. The van der Waals surface area contributed by atoms with Crippen LogP contribution < -0.4 is 10.2 Å². The molecule has 0 saturated heterocycles. The van der Waals surface area contributed by atoms with Gasteiger partial charge in [0.25, 0.3) is 0 Å². The number of carbonyl (C=O) groups excluding carboxylic acids is 1. The molecule has 0 radical (unpaired) electrons. The van der Waals surface area contributed by atoms with E-state index in [9.17, 15) is 13.2 Å². The van der Waals surface area contributed by atoms with Crippen LogP contribution in [0.1, 0.15) is 30.9 Å². The Labute approximate surface area is 160 Å². The summed E-state index contributed by atoms with van der Waals surface area (Å²) in [6, 6.07) is 8.30. The Kier molecular flexibility index (Phi) is 6.54. The minimum atomic E-state index is -3.30. The highest BCUT2D eigenvalue weighted by Gasteiger charge is 2.18. The standard InChI is InChI=1S/C19H26N4O3S/c1-13(2)27(25,26)16-8-6-15(7-9-16)11-19(24)20-12-17-21-14(3)10-18(22-17)23(4)5/h6-10,13H,11-12H2,1-5H3,(H,20,24). The molecule has 0 aliphatic carbocycles. The van der Waals surface area contributed by atoms with Gasteiger partial charge in [-0.05, 0) is 38.5 Å². The number of aryl methyl sites for hydroxylation is 1. The monoisotopic (exact) mass is 390 g/mol. The van der Waals surface area contributed by atoms with Crippen molar-refractivity contribution in [2.75, 3.05) is 19.0 Å². The molecule has 8 heteroatoms. The van der Waals surface area contributed by atoms with Gasteiger partial charge >= 0.3 is 0 Å². The number of benzene rings is 1. The van der Waals surface area contributed by atoms with Crippen molar-refractivity contribution >= 4 is 21.6 Å². The van der Waals surface area contributed by atoms with Gasteiger partial charge < -0.3 is 10.2 Å². The summed E-state index contributed by atoms with van der Waals surface area (Å²) >= 11 is 0. The van der Waals surface area contributed by atoms with Gasteiger partial charge in [0, 0.05) is 25.9 Å². The van der Waals surface area contributed by atoms with E-state index in [1.54, 1.807) is 38.1 Å². The van der Waals surface area contributed by atoms with Gasteiger partial charge in [-0.25, -0.2) is 18.4 Å². The summed E-state index contributed by atoms with van der Waals surface area (Å²) in [6.07, 6.45) is 0.161. The van der Waals surface area contributed by atoms with E-state index in [0.29, 0.717) is 5.82 Å². The maximum absolute atomic E-state index is 12.2. The number of aromatic nitrogens is 2. The number of hydrogen-bond acceptors (Lipinski definition) is 6. The summed E-state index contributed by atoms with van der Waals surface area (Å²) in [5.74, 6) is 1.16. The molecule has 0 spiro atoms. The molecule has 0 unspecified atom stereocenters. The number of rotatable bonds is 7. The van der Waals surface area contributed by atoms with E-state index in [4.69, 9.17) is 0 Å². The Bertz CT molecular complexity index is 907. The van der Waals surface area contributed by atoms with Crippen LogP contribution in [0.15, 0.2) is 35.2 Å². The number of nitrogens with zero attached hydrogens (tertiary/aromatic N) is 3. The lowest BCUT2D eigenvalue weighted by Gasteiger charge is -2.13. The molecule has 1 N–H and O–H groups in total. The molecule has 0 atom stereocenters. The molecule has 1 amide bonds. The summed E-state index contributed by atoms with van der Waals surface area (Å²) in [6.45, 7) is 5.41. The largest absolute Gasteiger partial charge is 0.363 e. The fourth-order valence-corrected chi connectivity index (χ4v) is 3.47. The highest BCUT2D eigenvalue weighted by atomic mass is 32.2. The van der Waals surface area contributed by atoms with E-state index < -0.39 is 15.1 Å². The first-order chi connectivity index (χ1) is 12.6. The fraction of sp³-hybridized carbons (Fsp3) is 0.421. The van der Waals surface area contributed by atoms with Crippen molar-refractivity contribution in [2.45, 2.75) is 43.9 Å². The number of hydrogen-bond donors (Lipinski definition) is 1. The second-order valence-corrected chi connectivity index (χ2v) is 9.37. The zero-order valence-corrected chi connectivity index (χ0v) is 17.2. The lowest BCUT2D eigenvalue weighted by molar-refractivity contribution is -0.120. The molecule has 1 aromatic heterocycles. The summed E-state index contributed by atoms with van der Waals surface area (Å²) in [5.41, 5.74) is 1.58. The Morgan fingerprint density at radius 2 is 1.78 bits per heavy atom. The van der Waals surface area contributed by atoms with E-state index in [-0.39, 0.29) is 23.8 Å². The first kappa shape index (κ1) is 20.8. The molecule has 1 aromatic carbocycles. The molecule has 2 rings (SSSR count). The van der Waals surface area contributed by atoms with Crippen molar-refractivity contribution in [3.8, 4) is 0 Å². The van der Waals surface area contributed by atoms with Crippen LogP contribution in [0.25, 0.3) is 0 Å². The zero-order chi connectivity index (χ0) is 20.2. The van der Waals surface area contributed by atoms with Crippen LogP contribution in [0.5, 0.6) is 0 Å². The Morgan fingerprint density at radius 3 is 2.33 bits per heavy atom. The Hall–Kier alpha value is -2.48. The van der Waals surface area contributed by atoms with Crippen molar-refractivity contribution in [1.82, 2.24) is 15.3 Å². The van der Waals surface area contributed by atoms with Crippen LogP contribution in [0.2, 0.25) is 0 Å². The molecule has 27 heavy (non-hydrogen) atoms. The number of carbonyl (C=O) groups is 1. The summed E-state index contributed by atoms with van der Waals surface area (Å²) in [4.78, 5) is 23.1. The molecule has 7 nitrogen and oxygen atoms in total. The number of sulfone groups is 1. The Morgan fingerprint density at radius 1 is 1.15 bits per heavy atom. The SMILES string of the molecule is Cc1cc(N(C)C)nc(CNC(=O)Cc2ccc(S(=O)(=O)C(C)C)cc2)n1. The molecular formula is C19H26N4O3S. The second-order valence-electron chi connectivity index (χ2n) is 6.87. The maximum Gasteiger partial charge on any atom is 0.224 e. The van der Waals surface area contributed by atoms with Gasteiger partial charge in [0.15, 0.2) is 9.84 Å². The highest BCUT2D eigenvalue weighted by molar-refractivity contribution is 7.92. The number of anilines is 1. The minimum Gasteiger partial charge on any atom is -0.363 e. The topological polar surface area (TPSA) is 92.3 Å². The van der Waals surface area contributed by atoms with Gasteiger partial charge in [0.2, 0.25) is 5.91 Å². The second kappa shape index (κ2) is 8.47. The summed E-state index contributed by atoms with van der Waals surface area (Å²) in [5, 5.41) is 2.32. The maximum atomic E-state index is 12.2. The zero-order valence-electron chi connectivity index (χ0n) is 16.4. The Balaban J connectivity index is 1.98. The van der Waals surface area contributed by atoms with Crippen molar-refractivity contribution in [1.29, 1.82) is 0 Å². The summed E-state index contributed by atoms with van der Waals surface area (Å²) in [7, 11) is 0.488. The predicted octanol–water partition coefficient (Wildman–Crippen LogP) is 1.89. The molecule has 0 aliphatic rings. The number of amides is 1. The first-order valence-electron chi connectivity index (χ1n) is 8.71. The lowest BCUT2D eigenvalue weighted by atomic mass is 10.1. The molecule has 0 bridgehead atoms.